The predicted octanol–water partition coefficient (Wildman–Crippen LogP) is 1.76. The van der Waals surface area contributed by atoms with Crippen molar-refractivity contribution in [1.29, 1.82) is 0 Å². The van der Waals surface area contributed by atoms with Crippen molar-refractivity contribution in [3.8, 4) is 0 Å². The maximum Gasteiger partial charge on any atom is 0.224 e. The van der Waals surface area contributed by atoms with Gasteiger partial charge in [0.2, 0.25) is 11.0 Å². The van der Waals surface area contributed by atoms with Gasteiger partial charge < -0.3 is 10.2 Å². The third kappa shape index (κ3) is 1.77. The van der Waals surface area contributed by atoms with E-state index in [0.717, 1.165) is 5.75 Å². The van der Waals surface area contributed by atoms with Crippen molar-refractivity contribution in [2.24, 2.45) is 0 Å². The maximum absolute atomic E-state index is 11.1. The van der Waals surface area contributed by atoms with Gasteiger partial charge in [0.1, 0.15) is 0 Å². The van der Waals surface area contributed by atoms with Crippen molar-refractivity contribution in [3.63, 3.8) is 0 Å². The number of nitrogens with two attached hydrogens (primary N) is 1. The van der Waals surface area contributed by atoms with Crippen LogP contribution in [0.15, 0.2) is 16.7 Å². The SMILES string of the molecule is CCSC(=O)c1ccoc1N. The van der Waals surface area contributed by atoms with E-state index in [1.54, 1.807) is 6.07 Å². The van der Waals surface area contributed by atoms with E-state index in [9.17, 15) is 4.79 Å². The highest BCUT2D eigenvalue weighted by atomic mass is 32.2. The number of thioether (sulfide) groups is 1. The number of anilines is 1. The summed E-state index contributed by atoms with van der Waals surface area (Å²) in [7, 11) is 0. The molecule has 0 aliphatic carbocycles. The van der Waals surface area contributed by atoms with Crippen molar-refractivity contribution in [2.75, 3.05) is 11.5 Å². The van der Waals surface area contributed by atoms with Crippen LogP contribution in [-0.4, -0.2) is 10.9 Å². The standard InChI is InChI=1S/C7H9NO2S/c1-2-11-7(9)5-3-4-10-6(5)8/h3-4H,2,8H2,1H3. The minimum Gasteiger partial charge on any atom is -0.448 e. The van der Waals surface area contributed by atoms with Crippen molar-refractivity contribution in [2.45, 2.75) is 6.92 Å². The first kappa shape index (κ1) is 8.20. The Hall–Kier alpha value is -0.900. The van der Waals surface area contributed by atoms with E-state index in [2.05, 4.69) is 0 Å². The molecule has 2 N–H and O–H groups in total. The van der Waals surface area contributed by atoms with E-state index < -0.39 is 0 Å². The zero-order chi connectivity index (χ0) is 8.27. The number of carbonyl (C=O) groups excluding carboxylic acids is 1. The van der Waals surface area contributed by atoms with Gasteiger partial charge in [-0.25, -0.2) is 0 Å². The zero-order valence-corrected chi connectivity index (χ0v) is 6.98. The Labute approximate surface area is 68.9 Å². The van der Waals surface area contributed by atoms with Gasteiger partial charge in [-0.15, -0.1) is 0 Å². The lowest BCUT2D eigenvalue weighted by Crippen LogP contribution is -1.96. The lowest BCUT2D eigenvalue weighted by atomic mass is 10.3. The summed E-state index contributed by atoms with van der Waals surface area (Å²) < 4.78 is 4.78. The van der Waals surface area contributed by atoms with Crippen LogP contribution in [0.4, 0.5) is 5.88 Å². The van der Waals surface area contributed by atoms with Crippen LogP contribution in [0, 0.1) is 0 Å². The smallest absolute Gasteiger partial charge is 0.224 e. The van der Waals surface area contributed by atoms with Gasteiger partial charge in [-0.1, -0.05) is 18.7 Å². The number of hydrogen-bond donors (Lipinski definition) is 1. The van der Waals surface area contributed by atoms with E-state index >= 15 is 0 Å². The van der Waals surface area contributed by atoms with Gasteiger partial charge in [-0.2, -0.15) is 0 Å². The molecule has 60 valence electrons. The van der Waals surface area contributed by atoms with Gasteiger partial charge in [0.15, 0.2) is 0 Å². The van der Waals surface area contributed by atoms with E-state index in [4.69, 9.17) is 10.2 Å². The Morgan fingerprint density at radius 2 is 2.55 bits per heavy atom. The highest BCUT2D eigenvalue weighted by Crippen LogP contribution is 2.18. The van der Waals surface area contributed by atoms with Crippen LogP contribution in [0.2, 0.25) is 0 Å². The minimum absolute atomic E-state index is 0.0289. The average molecular weight is 171 g/mol. The van der Waals surface area contributed by atoms with Crippen LogP contribution in [0.1, 0.15) is 17.3 Å². The van der Waals surface area contributed by atoms with Gasteiger partial charge in [0.05, 0.1) is 11.8 Å². The van der Waals surface area contributed by atoms with Crippen LogP contribution in [0.5, 0.6) is 0 Å². The second-order valence-electron chi connectivity index (χ2n) is 1.92. The highest BCUT2D eigenvalue weighted by molar-refractivity contribution is 8.14. The molecule has 0 spiro atoms. The van der Waals surface area contributed by atoms with Crippen LogP contribution in [0.25, 0.3) is 0 Å². The molecule has 0 fully saturated rings. The Kier molecular flexibility index (Phi) is 2.59. The van der Waals surface area contributed by atoms with Crippen molar-refractivity contribution < 1.29 is 9.21 Å². The number of nitrogen functional groups attached to an aromatic ring is 1. The van der Waals surface area contributed by atoms with Gasteiger partial charge in [-0.05, 0) is 11.8 Å². The molecule has 0 radical (unpaired) electrons. The molecule has 0 saturated carbocycles. The lowest BCUT2D eigenvalue weighted by Gasteiger charge is -1.93. The van der Waals surface area contributed by atoms with E-state index in [0.29, 0.717) is 5.56 Å². The van der Waals surface area contributed by atoms with Gasteiger partial charge in [-0.3, -0.25) is 4.79 Å². The molecule has 3 nitrogen and oxygen atoms in total. The molecule has 1 aromatic heterocycles. The molecule has 0 aliphatic heterocycles. The van der Waals surface area contributed by atoms with Crippen molar-refractivity contribution in [1.82, 2.24) is 0 Å². The molecular formula is C7H9NO2S. The summed E-state index contributed by atoms with van der Waals surface area (Å²) in [4.78, 5) is 11.1. The number of rotatable bonds is 2. The third-order valence-corrected chi connectivity index (χ3v) is 1.96. The molecule has 0 bridgehead atoms. The first-order valence-electron chi connectivity index (χ1n) is 3.25. The highest BCUT2D eigenvalue weighted by Gasteiger charge is 2.10. The Morgan fingerprint density at radius 3 is 3.00 bits per heavy atom. The summed E-state index contributed by atoms with van der Waals surface area (Å²) >= 11 is 1.22. The summed E-state index contributed by atoms with van der Waals surface area (Å²) in [5.41, 5.74) is 5.84. The van der Waals surface area contributed by atoms with Crippen LogP contribution in [0.3, 0.4) is 0 Å². The van der Waals surface area contributed by atoms with Crippen molar-refractivity contribution in [3.05, 3.63) is 17.9 Å². The van der Waals surface area contributed by atoms with Crippen molar-refractivity contribution >= 4 is 22.8 Å². The molecule has 0 aliphatic rings. The van der Waals surface area contributed by atoms with Crippen LogP contribution in [-0.2, 0) is 0 Å². The summed E-state index contributed by atoms with van der Waals surface area (Å²) in [6.07, 6.45) is 1.42. The van der Waals surface area contributed by atoms with Gasteiger partial charge >= 0.3 is 0 Å². The van der Waals surface area contributed by atoms with E-state index in [-0.39, 0.29) is 11.0 Å². The molecule has 11 heavy (non-hydrogen) atoms. The summed E-state index contributed by atoms with van der Waals surface area (Å²) in [6.45, 7) is 1.92. The number of hydrogen-bond acceptors (Lipinski definition) is 4. The Balaban J connectivity index is 2.76. The maximum atomic E-state index is 11.1. The van der Waals surface area contributed by atoms with E-state index in [1.807, 2.05) is 6.92 Å². The van der Waals surface area contributed by atoms with Gasteiger partial charge in [0, 0.05) is 0 Å². The molecule has 0 saturated heterocycles. The fourth-order valence-corrected chi connectivity index (χ4v) is 1.28. The number of furan rings is 1. The summed E-state index contributed by atoms with van der Waals surface area (Å²) in [5, 5.41) is -0.0289. The first-order chi connectivity index (χ1) is 5.25. The fourth-order valence-electron chi connectivity index (χ4n) is 0.698. The van der Waals surface area contributed by atoms with Crippen LogP contribution < -0.4 is 5.73 Å². The largest absolute Gasteiger partial charge is 0.448 e. The minimum atomic E-state index is -0.0289. The monoisotopic (exact) mass is 171 g/mol. The molecule has 1 heterocycles. The molecule has 4 heteroatoms. The Bertz CT molecular complexity index is 257. The summed E-state index contributed by atoms with van der Waals surface area (Å²) in [6, 6.07) is 1.58. The van der Waals surface area contributed by atoms with E-state index in [1.165, 1.54) is 18.0 Å². The molecule has 1 rings (SSSR count). The lowest BCUT2D eigenvalue weighted by molar-refractivity contribution is 0.108. The topological polar surface area (TPSA) is 56.2 Å². The molecule has 0 amide bonds. The second-order valence-corrected chi connectivity index (χ2v) is 3.16. The molecule has 1 aromatic rings. The summed E-state index contributed by atoms with van der Waals surface area (Å²) in [5.74, 6) is 0.958. The second kappa shape index (κ2) is 3.48. The zero-order valence-electron chi connectivity index (χ0n) is 6.16. The molecule has 0 unspecified atom stereocenters. The van der Waals surface area contributed by atoms with Crippen LogP contribution >= 0.6 is 11.8 Å². The quantitative estimate of drug-likeness (QED) is 0.736. The predicted molar refractivity (Wildman–Crippen MR) is 45.6 cm³/mol. The molecule has 0 atom stereocenters. The number of carbonyl (C=O) groups is 1. The molecular weight excluding hydrogens is 162 g/mol. The van der Waals surface area contributed by atoms with Gasteiger partial charge in [0.25, 0.3) is 0 Å². The Morgan fingerprint density at radius 1 is 1.82 bits per heavy atom. The average Bonchev–Trinajstić information content (AvgIpc) is 2.36. The fraction of sp³-hybridized carbons (Fsp3) is 0.286. The molecule has 0 aromatic carbocycles. The third-order valence-electron chi connectivity index (χ3n) is 1.19. The normalized spacial score (nSPS) is 9.91. The first-order valence-corrected chi connectivity index (χ1v) is 4.24.